The molecular formula is C12H15O3. The van der Waals surface area contributed by atoms with Crippen molar-refractivity contribution < 1.29 is 14.3 Å². The van der Waals surface area contributed by atoms with E-state index in [0.717, 1.165) is 18.4 Å². The van der Waals surface area contributed by atoms with E-state index in [4.69, 9.17) is 9.47 Å². The quantitative estimate of drug-likeness (QED) is 0.509. The lowest BCUT2D eigenvalue weighted by Gasteiger charge is -2.15. The third-order valence-corrected chi connectivity index (χ3v) is 1.99. The van der Waals surface area contributed by atoms with Crippen LogP contribution in [-0.2, 0) is 14.3 Å². The zero-order chi connectivity index (χ0) is 10.9. The zero-order valence-electron chi connectivity index (χ0n) is 8.81. The maximum Gasteiger partial charge on any atom is 0.420 e. The first-order valence-corrected chi connectivity index (χ1v) is 5.07. The molecule has 0 aliphatic heterocycles. The Bertz CT molecular complexity index is 271. The lowest BCUT2D eigenvalue weighted by molar-refractivity contribution is -0.0935. The average molecular weight is 207 g/mol. The lowest BCUT2D eigenvalue weighted by Crippen LogP contribution is -2.08. The normalized spacial score (nSPS) is 12.1. The molecule has 0 aliphatic rings. The molecule has 0 amide bonds. The van der Waals surface area contributed by atoms with Crippen LogP contribution in [0.5, 0.6) is 0 Å². The topological polar surface area (TPSA) is 35.5 Å². The molecule has 81 valence electrons. The smallest absolute Gasteiger partial charge is 0.420 e. The highest BCUT2D eigenvalue weighted by Crippen LogP contribution is 2.17. The van der Waals surface area contributed by atoms with Crippen LogP contribution >= 0.6 is 0 Å². The van der Waals surface area contributed by atoms with Crippen LogP contribution in [0.3, 0.4) is 0 Å². The van der Waals surface area contributed by atoms with E-state index in [1.165, 1.54) is 6.47 Å². The Morgan fingerprint density at radius 3 is 2.67 bits per heavy atom. The predicted molar refractivity (Wildman–Crippen MR) is 56.8 cm³/mol. The highest BCUT2D eigenvalue weighted by Gasteiger charge is 2.11. The van der Waals surface area contributed by atoms with E-state index < -0.39 is 6.29 Å². The van der Waals surface area contributed by atoms with Crippen LogP contribution in [0.15, 0.2) is 30.3 Å². The molecule has 0 saturated heterocycles. The number of rotatable bonds is 7. The van der Waals surface area contributed by atoms with Crippen molar-refractivity contribution in [3.63, 3.8) is 0 Å². The number of unbranched alkanes of at least 4 members (excludes halogenated alkanes) is 1. The van der Waals surface area contributed by atoms with Gasteiger partial charge in [-0.2, -0.15) is 0 Å². The Labute approximate surface area is 90.0 Å². The van der Waals surface area contributed by atoms with Crippen LogP contribution in [0.25, 0.3) is 0 Å². The highest BCUT2D eigenvalue weighted by atomic mass is 16.7. The average Bonchev–Trinajstić information content (AvgIpc) is 2.29. The van der Waals surface area contributed by atoms with Crippen LogP contribution in [-0.4, -0.2) is 13.1 Å². The summed E-state index contributed by atoms with van der Waals surface area (Å²) in [4.78, 5) is 10.2. The Hall–Kier alpha value is -1.35. The molecule has 1 aromatic rings. The number of hydrogen-bond acceptors (Lipinski definition) is 3. The van der Waals surface area contributed by atoms with Gasteiger partial charge in [0.1, 0.15) is 0 Å². The zero-order valence-corrected chi connectivity index (χ0v) is 8.81. The van der Waals surface area contributed by atoms with E-state index in [2.05, 4.69) is 6.92 Å². The first-order valence-electron chi connectivity index (χ1n) is 5.07. The van der Waals surface area contributed by atoms with E-state index in [9.17, 15) is 4.79 Å². The van der Waals surface area contributed by atoms with Gasteiger partial charge in [-0.05, 0) is 6.42 Å². The van der Waals surface area contributed by atoms with Gasteiger partial charge < -0.3 is 9.47 Å². The number of benzene rings is 1. The minimum Gasteiger partial charge on any atom is -0.423 e. The molecular weight excluding hydrogens is 192 g/mol. The van der Waals surface area contributed by atoms with Gasteiger partial charge in [0.25, 0.3) is 0 Å². The predicted octanol–water partition coefficient (Wildman–Crippen LogP) is 2.59. The largest absolute Gasteiger partial charge is 0.423 e. The van der Waals surface area contributed by atoms with Gasteiger partial charge in [-0.25, -0.2) is 4.79 Å². The van der Waals surface area contributed by atoms with Crippen molar-refractivity contribution in [3.05, 3.63) is 35.9 Å². The van der Waals surface area contributed by atoms with Gasteiger partial charge in [0, 0.05) is 5.56 Å². The number of ether oxygens (including phenoxy) is 2. The minimum absolute atomic E-state index is 0.581. The molecule has 3 heteroatoms. The van der Waals surface area contributed by atoms with Crippen LogP contribution in [0.2, 0.25) is 0 Å². The van der Waals surface area contributed by atoms with Crippen molar-refractivity contribution >= 4 is 6.47 Å². The molecule has 0 aromatic heterocycles. The third kappa shape index (κ3) is 4.13. The van der Waals surface area contributed by atoms with Crippen molar-refractivity contribution in [2.24, 2.45) is 0 Å². The summed E-state index contributed by atoms with van der Waals surface area (Å²) in [5.74, 6) is 0. The molecule has 15 heavy (non-hydrogen) atoms. The SMILES string of the molecule is CCCCOC(O[C]=O)c1ccccc1. The minimum atomic E-state index is -0.629. The molecule has 1 unspecified atom stereocenters. The molecule has 0 fully saturated rings. The summed E-state index contributed by atoms with van der Waals surface area (Å²) in [6, 6.07) is 9.36. The fourth-order valence-electron chi connectivity index (χ4n) is 1.19. The second-order valence-electron chi connectivity index (χ2n) is 3.17. The molecule has 1 radical (unpaired) electrons. The maximum atomic E-state index is 10.2. The van der Waals surface area contributed by atoms with Gasteiger partial charge in [-0.15, -0.1) is 0 Å². The number of carbonyl (C=O) groups excluding carboxylic acids is 1. The van der Waals surface area contributed by atoms with Gasteiger partial charge in [-0.1, -0.05) is 43.7 Å². The van der Waals surface area contributed by atoms with Crippen LogP contribution < -0.4 is 0 Å². The van der Waals surface area contributed by atoms with E-state index in [0.29, 0.717) is 6.61 Å². The van der Waals surface area contributed by atoms with Gasteiger partial charge in [0.05, 0.1) is 6.61 Å². The summed E-state index contributed by atoms with van der Waals surface area (Å²) in [7, 11) is 0. The van der Waals surface area contributed by atoms with Gasteiger partial charge >= 0.3 is 6.47 Å². The summed E-state index contributed by atoms with van der Waals surface area (Å²) in [6.45, 7) is 4.08. The molecule has 0 heterocycles. The Kier molecular flexibility index (Phi) is 5.48. The molecule has 0 spiro atoms. The molecule has 0 saturated carbocycles. The van der Waals surface area contributed by atoms with Crippen LogP contribution in [0.1, 0.15) is 31.6 Å². The van der Waals surface area contributed by atoms with Crippen molar-refractivity contribution in [3.8, 4) is 0 Å². The molecule has 1 aromatic carbocycles. The van der Waals surface area contributed by atoms with Crippen molar-refractivity contribution in [2.75, 3.05) is 6.61 Å². The first-order chi connectivity index (χ1) is 7.38. The fourth-order valence-corrected chi connectivity index (χ4v) is 1.19. The van der Waals surface area contributed by atoms with E-state index in [1.807, 2.05) is 30.3 Å². The van der Waals surface area contributed by atoms with Gasteiger partial charge in [0.2, 0.25) is 6.29 Å². The van der Waals surface area contributed by atoms with E-state index in [-0.39, 0.29) is 0 Å². The van der Waals surface area contributed by atoms with E-state index >= 15 is 0 Å². The fraction of sp³-hybridized carbons (Fsp3) is 0.417. The highest BCUT2D eigenvalue weighted by molar-refractivity contribution is 5.39. The molecule has 0 N–H and O–H groups in total. The Balaban J connectivity index is 2.53. The summed E-state index contributed by atoms with van der Waals surface area (Å²) >= 11 is 0. The number of hydrogen-bond donors (Lipinski definition) is 0. The standard InChI is InChI=1S/C12H15O3/c1-2-3-9-14-12(15-10-13)11-7-5-4-6-8-11/h4-8,12H,2-3,9H2,1H3. The summed E-state index contributed by atoms with van der Waals surface area (Å²) < 4.78 is 10.2. The molecule has 0 aliphatic carbocycles. The van der Waals surface area contributed by atoms with Crippen LogP contribution in [0.4, 0.5) is 0 Å². The van der Waals surface area contributed by atoms with Crippen LogP contribution in [0, 0.1) is 0 Å². The lowest BCUT2D eigenvalue weighted by atomic mass is 10.2. The molecule has 0 bridgehead atoms. The maximum absolute atomic E-state index is 10.2. The second-order valence-corrected chi connectivity index (χ2v) is 3.17. The summed E-state index contributed by atoms with van der Waals surface area (Å²) in [5.41, 5.74) is 0.831. The molecule has 1 rings (SSSR count). The van der Waals surface area contributed by atoms with Gasteiger partial charge in [0.15, 0.2) is 0 Å². The Morgan fingerprint density at radius 1 is 1.33 bits per heavy atom. The van der Waals surface area contributed by atoms with E-state index in [1.54, 1.807) is 0 Å². The van der Waals surface area contributed by atoms with Crippen molar-refractivity contribution in [1.82, 2.24) is 0 Å². The molecule has 1 atom stereocenters. The first kappa shape index (κ1) is 11.7. The Morgan fingerprint density at radius 2 is 2.07 bits per heavy atom. The van der Waals surface area contributed by atoms with Crippen molar-refractivity contribution in [2.45, 2.75) is 26.1 Å². The van der Waals surface area contributed by atoms with Gasteiger partial charge in [-0.3, -0.25) is 0 Å². The monoisotopic (exact) mass is 207 g/mol. The molecule has 3 nitrogen and oxygen atoms in total. The summed E-state index contributed by atoms with van der Waals surface area (Å²) in [5, 5.41) is 0. The third-order valence-electron chi connectivity index (χ3n) is 1.99. The summed E-state index contributed by atoms with van der Waals surface area (Å²) in [6.07, 6.45) is 1.37. The van der Waals surface area contributed by atoms with Crippen molar-refractivity contribution in [1.29, 1.82) is 0 Å². The second kappa shape index (κ2) is 7.01.